The standard InChI is InChI=1S/C21H17F3N4O2/c22-21(23,24)19-17(13-25-28(19)15-7-2-1-3-8-15)20(30)26-14-6-4-9-16(12-14)27-11-5-10-18(27)29/h1-4,6-9,12-13H,5,10-11H2,(H,26,30). The average molecular weight is 414 g/mol. The summed E-state index contributed by atoms with van der Waals surface area (Å²) >= 11 is 0. The molecule has 1 saturated heterocycles. The maximum Gasteiger partial charge on any atom is 0.434 e. The third-order valence-electron chi connectivity index (χ3n) is 4.77. The van der Waals surface area contributed by atoms with Gasteiger partial charge >= 0.3 is 6.18 Å². The zero-order chi connectivity index (χ0) is 21.3. The quantitative estimate of drug-likeness (QED) is 0.693. The van der Waals surface area contributed by atoms with Gasteiger partial charge in [0.2, 0.25) is 5.91 Å². The van der Waals surface area contributed by atoms with Gasteiger partial charge in [-0.2, -0.15) is 18.3 Å². The van der Waals surface area contributed by atoms with Crippen molar-refractivity contribution in [1.29, 1.82) is 0 Å². The molecule has 2 amide bonds. The Bertz CT molecular complexity index is 1090. The minimum atomic E-state index is -4.79. The highest BCUT2D eigenvalue weighted by Crippen LogP contribution is 2.34. The summed E-state index contributed by atoms with van der Waals surface area (Å²) < 4.78 is 42.0. The molecule has 0 radical (unpaired) electrons. The van der Waals surface area contributed by atoms with Gasteiger partial charge in [-0.25, -0.2) is 4.68 Å². The van der Waals surface area contributed by atoms with Crippen molar-refractivity contribution in [2.75, 3.05) is 16.8 Å². The van der Waals surface area contributed by atoms with Crippen molar-refractivity contribution in [3.63, 3.8) is 0 Å². The Balaban J connectivity index is 1.65. The van der Waals surface area contributed by atoms with E-state index in [9.17, 15) is 22.8 Å². The van der Waals surface area contributed by atoms with Crippen LogP contribution in [0.25, 0.3) is 5.69 Å². The second kappa shape index (κ2) is 7.66. The molecule has 1 aliphatic rings. The van der Waals surface area contributed by atoms with Gasteiger partial charge in [0, 0.05) is 24.3 Å². The molecule has 30 heavy (non-hydrogen) atoms. The van der Waals surface area contributed by atoms with E-state index >= 15 is 0 Å². The number of hydrogen-bond acceptors (Lipinski definition) is 3. The van der Waals surface area contributed by atoms with Crippen molar-refractivity contribution >= 4 is 23.2 Å². The minimum absolute atomic E-state index is 0.0260. The van der Waals surface area contributed by atoms with E-state index in [1.54, 1.807) is 47.4 Å². The highest BCUT2D eigenvalue weighted by molar-refractivity contribution is 6.05. The number of alkyl halides is 3. The number of rotatable bonds is 4. The number of carbonyl (C=O) groups excluding carboxylic acids is 2. The Morgan fingerprint density at radius 2 is 1.77 bits per heavy atom. The molecular weight excluding hydrogens is 397 g/mol. The molecule has 0 unspecified atom stereocenters. The molecule has 1 aliphatic heterocycles. The van der Waals surface area contributed by atoms with Crippen LogP contribution in [0.4, 0.5) is 24.5 Å². The topological polar surface area (TPSA) is 67.2 Å². The van der Waals surface area contributed by atoms with Crippen molar-refractivity contribution in [2.24, 2.45) is 0 Å². The van der Waals surface area contributed by atoms with E-state index in [1.807, 2.05) is 0 Å². The van der Waals surface area contributed by atoms with Crippen LogP contribution < -0.4 is 10.2 Å². The van der Waals surface area contributed by atoms with Gasteiger partial charge < -0.3 is 10.2 Å². The Morgan fingerprint density at radius 3 is 2.43 bits per heavy atom. The fraction of sp³-hybridized carbons (Fsp3) is 0.190. The molecule has 6 nitrogen and oxygen atoms in total. The number of halogens is 3. The third kappa shape index (κ3) is 3.78. The molecular formula is C21H17F3N4O2. The zero-order valence-electron chi connectivity index (χ0n) is 15.7. The summed E-state index contributed by atoms with van der Waals surface area (Å²) in [6, 6.07) is 14.3. The number of nitrogens with one attached hydrogen (secondary N) is 1. The van der Waals surface area contributed by atoms with Crippen molar-refractivity contribution in [2.45, 2.75) is 19.0 Å². The number of nitrogens with zero attached hydrogens (tertiary/aromatic N) is 3. The Labute approximate surface area is 169 Å². The van der Waals surface area contributed by atoms with Crippen molar-refractivity contribution < 1.29 is 22.8 Å². The molecule has 0 bridgehead atoms. The first-order valence-electron chi connectivity index (χ1n) is 9.27. The second-order valence-electron chi connectivity index (χ2n) is 6.81. The molecule has 4 rings (SSSR count). The number of aromatic nitrogens is 2. The second-order valence-corrected chi connectivity index (χ2v) is 6.81. The van der Waals surface area contributed by atoms with Crippen molar-refractivity contribution in [3.8, 4) is 5.69 Å². The molecule has 0 spiro atoms. The molecule has 9 heteroatoms. The van der Waals surface area contributed by atoms with E-state index in [0.29, 0.717) is 23.3 Å². The number of hydrogen-bond donors (Lipinski definition) is 1. The van der Waals surface area contributed by atoms with Crippen LogP contribution in [0.1, 0.15) is 28.9 Å². The highest BCUT2D eigenvalue weighted by Gasteiger charge is 2.40. The summed E-state index contributed by atoms with van der Waals surface area (Å²) in [7, 11) is 0. The third-order valence-corrected chi connectivity index (χ3v) is 4.77. The normalized spacial score (nSPS) is 14.2. The van der Waals surface area contributed by atoms with Crippen molar-refractivity contribution in [3.05, 3.63) is 72.1 Å². The van der Waals surface area contributed by atoms with E-state index in [0.717, 1.165) is 12.6 Å². The number of para-hydroxylation sites is 1. The largest absolute Gasteiger partial charge is 0.434 e. The minimum Gasteiger partial charge on any atom is -0.322 e. The fourth-order valence-electron chi connectivity index (χ4n) is 3.42. The van der Waals surface area contributed by atoms with Gasteiger partial charge in [0.1, 0.15) is 0 Å². The summed E-state index contributed by atoms with van der Waals surface area (Å²) in [6.45, 7) is 0.568. The lowest BCUT2D eigenvalue weighted by Crippen LogP contribution is -2.24. The number of amides is 2. The van der Waals surface area contributed by atoms with Crippen molar-refractivity contribution in [1.82, 2.24) is 9.78 Å². The lowest BCUT2D eigenvalue weighted by Gasteiger charge is -2.17. The molecule has 1 aromatic heterocycles. The molecule has 1 fully saturated rings. The van der Waals surface area contributed by atoms with E-state index in [-0.39, 0.29) is 17.3 Å². The van der Waals surface area contributed by atoms with Gasteiger partial charge in [-0.15, -0.1) is 0 Å². The monoisotopic (exact) mass is 414 g/mol. The molecule has 154 valence electrons. The van der Waals surface area contributed by atoms with Crippen LogP contribution in [-0.4, -0.2) is 28.1 Å². The Kier molecular flexibility index (Phi) is 5.03. The first-order chi connectivity index (χ1) is 14.3. The van der Waals surface area contributed by atoms with Crippen LogP contribution in [0, 0.1) is 0 Å². The van der Waals surface area contributed by atoms with E-state index < -0.39 is 23.3 Å². The van der Waals surface area contributed by atoms with Crippen LogP contribution in [0.5, 0.6) is 0 Å². The van der Waals surface area contributed by atoms with Gasteiger partial charge in [-0.1, -0.05) is 24.3 Å². The van der Waals surface area contributed by atoms with E-state index in [2.05, 4.69) is 10.4 Å². The van der Waals surface area contributed by atoms with Gasteiger partial charge in [0.25, 0.3) is 5.91 Å². The van der Waals surface area contributed by atoms with Crippen LogP contribution in [-0.2, 0) is 11.0 Å². The smallest absolute Gasteiger partial charge is 0.322 e. The predicted molar refractivity (Wildman–Crippen MR) is 105 cm³/mol. The summed E-state index contributed by atoms with van der Waals surface area (Å²) in [4.78, 5) is 26.2. The van der Waals surface area contributed by atoms with Gasteiger partial charge in [-0.05, 0) is 36.8 Å². The van der Waals surface area contributed by atoms with Gasteiger partial charge in [-0.3, -0.25) is 9.59 Å². The van der Waals surface area contributed by atoms with E-state index in [4.69, 9.17) is 0 Å². The molecule has 2 aromatic carbocycles. The Morgan fingerprint density at radius 1 is 1.03 bits per heavy atom. The van der Waals surface area contributed by atoms with Crippen LogP contribution >= 0.6 is 0 Å². The van der Waals surface area contributed by atoms with Crippen LogP contribution in [0.3, 0.4) is 0 Å². The molecule has 0 saturated carbocycles. The average Bonchev–Trinajstić information content (AvgIpc) is 3.35. The molecule has 1 N–H and O–H groups in total. The van der Waals surface area contributed by atoms with Crippen LogP contribution in [0.15, 0.2) is 60.8 Å². The van der Waals surface area contributed by atoms with Gasteiger partial charge in [0.15, 0.2) is 5.69 Å². The lowest BCUT2D eigenvalue weighted by atomic mass is 10.2. The van der Waals surface area contributed by atoms with Crippen LogP contribution in [0.2, 0.25) is 0 Å². The first-order valence-corrected chi connectivity index (χ1v) is 9.27. The SMILES string of the molecule is O=C(Nc1cccc(N2CCCC2=O)c1)c1cnn(-c2ccccc2)c1C(F)(F)F. The molecule has 0 atom stereocenters. The maximum absolute atomic E-state index is 13.8. The molecule has 2 heterocycles. The summed E-state index contributed by atoms with van der Waals surface area (Å²) in [6.07, 6.45) is -2.70. The van der Waals surface area contributed by atoms with E-state index in [1.165, 1.54) is 12.1 Å². The summed E-state index contributed by atoms with van der Waals surface area (Å²) in [5, 5.41) is 6.27. The predicted octanol–water partition coefficient (Wildman–Crippen LogP) is 4.27. The Hall–Kier alpha value is -3.62. The lowest BCUT2D eigenvalue weighted by molar-refractivity contribution is -0.143. The number of carbonyl (C=O) groups is 2. The number of anilines is 2. The molecule has 0 aliphatic carbocycles. The van der Waals surface area contributed by atoms with Gasteiger partial charge in [0.05, 0.1) is 17.4 Å². The number of benzene rings is 2. The first kappa shape index (κ1) is 19.7. The maximum atomic E-state index is 13.8. The summed E-state index contributed by atoms with van der Waals surface area (Å²) in [5.41, 5.74) is -0.673. The summed E-state index contributed by atoms with van der Waals surface area (Å²) in [5.74, 6) is -0.962. The molecule has 3 aromatic rings. The fourth-order valence-corrected chi connectivity index (χ4v) is 3.42. The highest BCUT2D eigenvalue weighted by atomic mass is 19.4. The zero-order valence-corrected chi connectivity index (χ0v) is 15.7.